The molecule has 1 aromatic carbocycles. The molecular formula is C23H26N8O3. The van der Waals surface area contributed by atoms with E-state index in [4.69, 9.17) is 4.74 Å². The van der Waals surface area contributed by atoms with Crippen molar-refractivity contribution in [3.63, 3.8) is 0 Å². The van der Waals surface area contributed by atoms with Crippen molar-refractivity contribution < 1.29 is 9.66 Å². The summed E-state index contributed by atoms with van der Waals surface area (Å²) >= 11 is 0. The number of nitro groups is 1. The molecule has 0 bridgehead atoms. The molecule has 0 amide bonds. The van der Waals surface area contributed by atoms with Gasteiger partial charge in [0.15, 0.2) is 5.75 Å². The summed E-state index contributed by atoms with van der Waals surface area (Å²) in [6, 6.07) is 10.7. The highest BCUT2D eigenvalue weighted by Gasteiger charge is 2.19. The van der Waals surface area contributed by atoms with Crippen LogP contribution in [0.1, 0.15) is 0 Å². The number of nitro benzene ring substituents is 1. The third-order valence-corrected chi connectivity index (χ3v) is 5.38. The maximum Gasteiger partial charge on any atom is 0.294 e. The SMILES string of the molecule is COc1cnc(Nc2ccc(N(C)CCN(C)C)c([N+](=O)[O-])c2)nc1-c1cnn2ccccc12. The second kappa shape index (κ2) is 9.71. The standard InChI is InChI=1S/C23H26N8O3/c1-28(2)11-12-29(3)19-9-8-16(13-20(19)31(32)33)26-23-24-15-21(34-4)22(27-23)17-14-25-30-10-6-5-7-18(17)30/h5-10,13-15H,11-12H2,1-4H3,(H,24,26,27). The number of fused-ring (bicyclic) bond motifs is 1. The molecule has 0 fully saturated rings. The number of ether oxygens (including phenoxy) is 1. The van der Waals surface area contributed by atoms with Crippen LogP contribution in [-0.2, 0) is 0 Å². The quantitative estimate of drug-likeness (QED) is 0.295. The lowest BCUT2D eigenvalue weighted by molar-refractivity contribution is -0.384. The zero-order valence-electron chi connectivity index (χ0n) is 19.5. The number of hydrogen-bond acceptors (Lipinski definition) is 9. The molecule has 34 heavy (non-hydrogen) atoms. The number of benzene rings is 1. The van der Waals surface area contributed by atoms with Crippen LogP contribution in [0.3, 0.4) is 0 Å². The predicted octanol–water partition coefficient (Wildman–Crippen LogP) is 3.45. The summed E-state index contributed by atoms with van der Waals surface area (Å²) in [5.74, 6) is 0.780. The number of likely N-dealkylation sites (N-methyl/N-ethyl adjacent to an activating group) is 2. The van der Waals surface area contributed by atoms with Crippen LogP contribution in [0.4, 0.5) is 23.0 Å². The zero-order valence-corrected chi connectivity index (χ0v) is 19.5. The van der Waals surface area contributed by atoms with Gasteiger partial charge in [0.2, 0.25) is 5.95 Å². The van der Waals surface area contributed by atoms with Crippen molar-refractivity contribution in [2.75, 3.05) is 51.6 Å². The lowest BCUT2D eigenvalue weighted by atomic mass is 10.2. The number of rotatable bonds is 9. The highest BCUT2D eigenvalue weighted by molar-refractivity contribution is 5.81. The molecule has 1 N–H and O–H groups in total. The number of nitrogens with zero attached hydrogens (tertiary/aromatic N) is 7. The number of nitrogens with one attached hydrogen (secondary N) is 1. The van der Waals surface area contributed by atoms with E-state index >= 15 is 0 Å². The normalized spacial score (nSPS) is 11.1. The highest BCUT2D eigenvalue weighted by atomic mass is 16.6. The second-order valence-electron chi connectivity index (χ2n) is 8.01. The maximum absolute atomic E-state index is 11.8. The van der Waals surface area contributed by atoms with Crippen molar-refractivity contribution in [2.24, 2.45) is 0 Å². The van der Waals surface area contributed by atoms with Crippen LogP contribution in [0.25, 0.3) is 16.8 Å². The molecular weight excluding hydrogens is 436 g/mol. The van der Waals surface area contributed by atoms with Crippen molar-refractivity contribution in [3.05, 3.63) is 65.1 Å². The summed E-state index contributed by atoms with van der Waals surface area (Å²) in [4.78, 5) is 24.2. The number of hydrogen-bond donors (Lipinski definition) is 1. The van der Waals surface area contributed by atoms with Gasteiger partial charge in [-0.25, -0.2) is 14.5 Å². The number of methoxy groups -OCH3 is 1. The van der Waals surface area contributed by atoms with E-state index in [9.17, 15) is 10.1 Å². The van der Waals surface area contributed by atoms with Crippen LogP contribution in [0.2, 0.25) is 0 Å². The summed E-state index contributed by atoms with van der Waals surface area (Å²) < 4.78 is 7.22. The van der Waals surface area contributed by atoms with E-state index in [0.717, 1.165) is 17.6 Å². The molecule has 0 saturated carbocycles. The van der Waals surface area contributed by atoms with E-state index in [0.29, 0.717) is 29.4 Å². The molecule has 3 aromatic heterocycles. The Morgan fingerprint density at radius 2 is 1.97 bits per heavy atom. The van der Waals surface area contributed by atoms with Gasteiger partial charge in [-0.05, 0) is 38.4 Å². The third-order valence-electron chi connectivity index (χ3n) is 5.38. The zero-order chi connectivity index (χ0) is 24.2. The monoisotopic (exact) mass is 462 g/mol. The molecule has 0 atom stereocenters. The van der Waals surface area contributed by atoms with Crippen molar-refractivity contribution in [1.29, 1.82) is 0 Å². The van der Waals surface area contributed by atoms with Crippen molar-refractivity contribution in [1.82, 2.24) is 24.5 Å². The van der Waals surface area contributed by atoms with Crippen LogP contribution >= 0.6 is 0 Å². The van der Waals surface area contributed by atoms with E-state index < -0.39 is 0 Å². The van der Waals surface area contributed by atoms with Gasteiger partial charge in [0.05, 0.1) is 35.5 Å². The molecule has 0 unspecified atom stereocenters. The van der Waals surface area contributed by atoms with Gasteiger partial charge in [-0.1, -0.05) is 6.07 Å². The fourth-order valence-corrected chi connectivity index (χ4v) is 3.56. The average Bonchev–Trinajstić information content (AvgIpc) is 3.26. The third kappa shape index (κ3) is 4.74. The number of anilines is 3. The summed E-state index contributed by atoms with van der Waals surface area (Å²) in [5, 5.41) is 19.2. The summed E-state index contributed by atoms with van der Waals surface area (Å²) in [5.41, 5.74) is 3.27. The van der Waals surface area contributed by atoms with Gasteiger partial charge in [0, 0.05) is 38.1 Å². The maximum atomic E-state index is 11.8. The van der Waals surface area contributed by atoms with Crippen molar-refractivity contribution in [2.45, 2.75) is 0 Å². The Hall–Kier alpha value is -4.25. The first-order chi connectivity index (χ1) is 16.4. The second-order valence-corrected chi connectivity index (χ2v) is 8.01. The Bertz CT molecular complexity index is 1320. The fraction of sp³-hybridized carbons (Fsp3) is 0.261. The molecule has 0 aliphatic carbocycles. The predicted molar refractivity (Wildman–Crippen MR) is 131 cm³/mol. The van der Waals surface area contributed by atoms with Crippen LogP contribution in [-0.4, -0.2) is 70.7 Å². The molecule has 0 saturated heterocycles. The minimum absolute atomic E-state index is 0.00243. The van der Waals surface area contributed by atoms with E-state index in [1.807, 2.05) is 55.3 Å². The smallest absolute Gasteiger partial charge is 0.294 e. The van der Waals surface area contributed by atoms with Crippen molar-refractivity contribution >= 4 is 28.5 Å². The highest BCUT2D eigenvalue weighted by Crippen LogP contribution is 2.34. The van der Waals surface area contributed by atoms with Gasteiger partial charge in [0.25, 0.3) is 5.69 Å². The van der Waals surface area contributed by atoms with Gasteiger partial charge in [-0.15, -0.1) is 0 Å². The molecule has 11 heteroatoms. The van der Waals surface area contributed by atoms with E-state index in [-0.39, 0.29) is 16.6 Å². The molecule has 3 heterocycles. The molecule has 0 aliphatic rings. The fourth-order valence-electron chi connectivity index (χ4n) is 3.56. The first-order valence-corrected chi connectivity index (χ1v) is 10.6. The largest absolute Gasteiger partial charge is 0.493 e. The van der Waals surface area contributed by atoms with Crippen molar-refractivity contribution in [3.8, 4) is 17.0 Å². The Morgan fingerprint density at radius 1 is 1.15 bits per heavy atom. The summed E-state index contributed by atoms with van der Waals surface area (Å²) in [6.45, 7) is 1.44. The van der Waals surface area contributed by atoms with Gasteiger partial charge >= 0.3 is 0 Å². The molecule has 0 radical (unpaired) electrons. The molecule has 4 rings (SSSR count). The van der Waals surface area contributed by atoms with Gasteiger partial charge in [-0.2, -0.15) is 5.10 Å². The first kappa shape index (κ1) is 22.9. The summed E-state index contributed by atoms with van der Waals surface area (Å²) in [7, 11) is 7.32. The molecule has 4 aromatic rings. The first-order valence-electron chi connectivity index (χ1n) is 10.6. The van der Waals surface area contributed by atoms with Crippen LogP contribution in [0, 0.1) is 10.1 Å². The molecule has 11 nitrogen and oxygen atoms in total. The average molecular weight is 463 g/mol. The molecule has 0 spiro atoms. The lowest BCUT2D eigenvalue weighted by Crippen LogP contribution is -2.28. The van der Waals surface area contributed by atoms with Gasteiger partial charge in [0.1, 0.15) is 11.4 Å². The van der Waals surface area contributed by atoms with Crippen LogP contribution in [0.15, 0.2) is 55.0 Å². The minimum atomic E-state index is -0.383. The van der Waals surface area contributed by atoms with E-state index in [1.54, 1.807) is 36.2 Å². The lowest BCUT2D eigenvalue weighted by Gasteiger charge is -2.21. The topological polar surface area (TPSA) is 114 Å². The Kier molecular flexibility index (Phi) is 6.55. The van der Waals surface area contributed by atoms with Crippen LogP contribution in [0.5, 0.6) is 5.75 Å². The van der Waals surface area contributed by atoms with Gasteiger partial charge < -0.3 is 19.9 Å². The summed E-state index contributed by atoms with van der Waals surface area (Å²) in [6.07, 6.45) is 5.13. The molecule has 176 valence electrons. The molecule has 0 aliphatic heterocycles. The van der Waals surface area contributed by atoms with Crippen LogP contribution < -0.4 is 15.0 Å². The number of pyridine rings is 1. The Balaban J connectivity index is 1.66. The van der Waals surface area contributed by atoms with E-state index in [1.165, 1.54) is 6.07 Å². The Labute approximate surface area is 196 Å². The Morgan fingerprint density at radius 3 is 2.71 bits per heavy atom. The number of aromatic nitrogens is 4. The minimum Gasteiger partial charge on any atom is -0.493 e. The van der Waals surface area contributed by atoms with E-state index in [2.05, 4.69) is 20.4 Å². The van der Waals surface area contributed by atoms with Gasteiger partial charge in [-0.3, -0.25) is 10.1 Å².